The molecule has 0 saturated heterocycles. The summed E-state index contributed by atoms with van der Waals surface area (Å²) in [5, 5.41) is 21.8. The number of hydrogen-bond acceptors (Lipinski definition) is 4. The fraction of sp³-hybridized carbons (Fsp3) is 0.300. The van der Waals surface area contributed by atoms with Crippen LogP contribution in [0.15, 0.2) is 18.2 Å². The van der Waals surface area contributed by atoms with E-state index >= 15 is 0 Å². The van der Waals surface area contributed by atoms with E-state index in [-0.39, 0.29) is 22.8 Å². The first-order valence-corrected chi connectivity index (χ1v) is 5.20. The molecule has 1 amide bonds. The summed E-state index contributed by atoms with van der Waals surface area (Å²) in [4.78, 5) is 21.6. The van der Waals surface area contributed by atoms with Crippen molar-refractivity contribution < 1.29 is 14.8 Å². The van der Waals surface area contributed by atoms with Gasteiger partial charge >= 0.3 is 0 Å². The summed E-state index contributed by atoms with van der Waals surface area (Å²) in [5.41, 5.74) is -0.308. The van der Waals surface area contributed by atoms with Gasteiger partial charge < -0.3 is 10.4 Å². The van der Waals surface area contributed by atoms with Crippen LogP contribution >= 0.6 is 11.6 Å². The lowest BCUT2D eigenvalue weighted by Gasteiger charge is -2.08. The van der Waals surface area contributed by atoms with E-state index in [9.17, 15) is 14.9 Å². The van der Waals surface area contributed by atoms with Gasteiger partial charge in [0.05, 0.1) is 16.6 Å². The molecule has 17 heavy (non-hydrogen) atoms. The second-order valence-corrected chi connectivity index (χ2v) is 3.83. The van der Waals surface area contributed by atoms with Crippen LogP contribution in [0, 0.1) is 10.1 Å². The van der Waals surface area contributed by atoms with Crippen LogP contribution in [0.25, 0.3) is 0 Å². The standard InChI is InChI=1S/C10H11ClN2O4/c1-6(14)5-12-10(15)7-3-2-4-8(9(7)11)13(16)17/h2-4,6,14H,5H2,1H3,(H,12,15). The first-order valence-electron chi connectivity index (χ1n) is 4.82. The molecule has 7 heteroatoms. The predicted octanol–water partition coefficient (Wildman–Crippen LogP) is 1.36. The molecule has 1 atom stereocenters. The maximum atomic E-state index is 11.6. The number of halogens is 1. The summed E-state index contributed by atoms with van der Waals surface area (Å²) < 4.78 is 0. The molecule has 0 aliphatic rings. The van der Waals surface area contributed by atoms with Crippen LogP contribution in [-0.2, 0) is 0 Å². The minimum absolute atomic E-state index is 0.0153. The Balaban J connectivity index is 2.95. The largest absolute Gasteiger partial charge is 0.392 e. The number of benzene rings is 1. The molecule has 1 rings (SSSR count). The maximum Gasteiger partial charge on any atom is 0.288 e. The Morgan fingerprint density at radius 2 is 2.29 bits per heavy atom. The lowest BCUT2D eigenvalue weighted by Crippen LogP contribution is -2.30. The van der Waals surface area contributed by atoms with Crippen molar-refractivity contribution in [3.8, 4) is 0 Å². The zero-order valence-corrected chi connectivity index (χ0v) is 9.77. The topological polar surface area (TPSA) is 92.5 Å². The molecular weight excluding hydrogens is 248 g/mol. The first kappa shape index (κ1) is 13.4. The van der Waals surface area contributed by atoms with Gasteiger partial charge in [0.1, 0.15) is 5.02 Å². The highest BCUT2D eigenvalue weighted by molar-refractivity contribution is 6.35. The van der Waals surface area contributed by atoms with Crippen molar-refractivity contribution in [2.45, 2.75) is 13.0 Å². The fourth-order valence-electron chi connectivity index (χ4n) is 1.17. The van der Waals surface area contributed by atoms with Crippen molar-refractivity contribution in [2.75, 3.05) is 6.54 Å². The number of nitrogens with one attached hydrogen (secondary N) is 1. The molecule has 0 bridgehead atoms. The molecule has 0 aromatic heterocycles. The average molecular weight is 259 g/mol. The van der Waals surface area contributed by atoms with Gasteiger partial charge in [0.2, 0.25) is 0 Å². The Hall–Kier alpha value is -1.66. The zero-order chi connectivity index (χ0) is 13.0. The number of nitrogens with zero attached hydrogens (tertiary/aromatic N) is 1. The van der Waals surface area contributed by atoms with E-state index < -0.39 is 16.9 Å². The van der Waals surface area contributed by atoms with Gasteiger partial charge in [-0.05, 0) is 13.0 Å². The number of carbonyl (C=O) groups is 1. The molecule has 1 aromatic rings. The van der Waals surface area contributed by atoms with Gasteiger partial charge in [-0.25, -0.2) is 0 Å². The normalized spacial score (nSPS) is 11.9. The Morgan fingerprint density at radius 1 is 1.65 bits per heavy atom. The number of carbonyl (C=O) groups excluding carboxylic acids is 1. The number of aliphatic hydroxyl groups excluding tert-OH is 1. The minimum Gasteiger partial charge on any atom is -0.392 e. The Bertz CT molecular complexity index is 448. The molecule has 0 spiro atoms. The molecule has 1 aromatic carbocycles. The Morgan fingerprint density at radius 3 is 2.82 bits per heavy atom. The third-order valence-corrected chi connectivity index (χ3v) is 2.37. The number of nitro groups is 1. The molecule has 0 saturated carbocycles. The summed E-state index contributed by atoms with van der Waals surface area (Å²) in [6, 6.07) is 3.97. The van der Waals surface area contributed by atoms with Crippen LogP contribution in [0.5, 0.6) is 0 Å². The van der Waals surface area contributed by atoms with Crippen molar-refractivity contribution in [3.63, 3.8) is 0 Å². The highest BCUT2D eigenvalue weighted by atomic mass is 35.5. The molecule has 92 valence electrons. The van der Waals surface area contributed by atoms with Crippen LogP contribution in [-0.4, -0.2) is 28.6 Å². The van der Waals surface area contributed by atoms with Crippen LogP contribution in [0.2, 0.25) is 5.02 Å². The smallest absolute Gasteiger partial charge is 0.288 e. The molecule has 0 radical (unpaired) electrons. The number of hydrogen-bond donors (Lipinski definition) is 2. The third kappa shape index (κ3) is 3.40. The van der Waals surface area contributed by atoms with Gasteiger partial charge in [-0.2, -0.15) is 0 Å². The van der Waals surface area contributed by atoms with Gasteiger partial charge in [-0.15, -0.1) is 0 Å². The second kappa shape index (κ2) is 5.60. The number of nitro benzene ring substituents is 1. The van der Waals surface area contributed by atoms with E-state index in [0.717, 1.165) is 0 Å². The van der Waals surface area contributed by atoms with Crippen molar-refractivity contribution in [1.29, 1.82) is 0 Å². The third-order valence-electron chi connectivity index (χ3n) is 1.98. The van der Waals surface area contributed by atoms with Gasteiger partial charge in [0.15, 0.2) is 0 Å². The molecule has 0 fully saturated rings. The van der Waals surface area contributed by atoms with Crippen LogP contribution < -0.4 is 5.32 Å². The van der Waals surface area contributed by atoms with Gasteiger partial charge in [-0.3, -0.25) is 14.9 Å². The number of aliphatic hydroxyl groups is 1. The zero-order valence-electron chi connectivity index (χ0n) is 9.01. The summed E-state index contributed by atoms with van der Waals surface area (Å²) in [7, 11) is 0. The monoisotopic (exact) mass is 258 g/mol. The van der Waals surface area contributed by atoms with Gasteiger partial charge in [0.25, 0.3) is 11.6 Å². The molecule has 0 aliphatic heterocycles. The van der Waals surface area contributed by atoms with Crippen LogP contribution in [0.1, 0.15) is 17.3 Å². The Labute approximate surface area is 102 Å². The second-order valence-electron chi connectivity index (χ2n) is 3.45. The van der Waals surface area contributed by atoms with Crippen LogP contribution in [0.3, 0.4) is 0 Å². The summed E-state index contributed by atoms with van der Waals surface area (Å²) in [6.45, 7) is 1.56. The van der Waals surface area contributed by atoms with E-state index in [1.807, 2.05) is 0 Å². The molecule has 1 unspecified atom stereocenters. The molecular formula is C10H11ClN2O4. The van der Waals surface area contributed by atoms with E-state index in [1.165, 1.54) is 25.1 Å². The highest BCUT2D eigenvalue weighted by Gasteiger charge is 2.19. The maximum absolute atomic E-state index is 11.6. The van der Waals surface area contributed by atoms with E-state index in [1.54, 1.807) is 0 Å². The summed E-state index contributed by atoms with van der Waals surface area (Å²) in [5.74, 6) is -0.556. The van der Waals surface area contributed by atoms with E-state index in [0.29, 0.717) is 0 Å². The molecule has 6 nitrogen and oxygen atoms in total. The van der Waals surface area contributed by atoms with E-state index in [4.69, 9.17) is 16.7 Å². The lowest BCUT2D eigenvalue weighted by molar-refractivity contribution is -0.384. The average Bonchev–Trinajstić information content (AvgIpc) is 2.25. The van der Waals surface area contributed by atoms with Crippen LogP contribution in [0.4, 0.5) is 5.69 Å². The van der Waals surface area contributed by atoms with Crippen molar-refractivity contribution in [2.24, 2.45) is 0 Å². The first-order chi connectivity index (χ1) is 7.93. The van der Waals surface area contributed by atoms with Gasteiger partial charge in [-0.1, -0.05) is 17.7 Å². The minimum atomic E-state index is -0.698. The predicted molar refractivity (Wildman–Crippen MR) is 62.1 cm³/mol. The van der Waals surface area contributed by atoms with Crippen molar-refractivity contribution >= 4 is 23.2 Å². The molecule has 2 N–H and O–H groups in total. The molecule has 0 heterocycles. The Kier molecular flexibility index (Phi) is 4.42. The SMILES string of the molecule is CC(O)CNC(=O)c1cccc([N+](=O)[O-])c1Cl. The lowest BCUT2D eigenvalue weighted by atomic mass is 10.2. The summed E-state index contributed by atoms with van der Waals surface area (Å²) >= 11 is 5.75. The van der Waals surface area contributed by atoms with E-state index in [2.05, 4.69) is 5.32 Å². The van der Waals surface area contributed by atoms with Crippen molar-refractivity contribution in [1.82, 2.24) is 5.32 Å². The van der Waals surface area contributed by atoms with Crippen molar-refractivity contribution in [3.05, 3.63) is 38.9 Å². The number of amides is 1. The quantitative estimate of drug-likeness (QED) is 0.630. The number of rotatable bonds is 4. The molecule has 0 aliphatic carbocycles. The summed E-state index contributed by atoms with van der Waals surface area (Å²) in [6.07, 6.45) is -0.698. The van der Waals surface area contributed by atoms with Gasteiger partial charge in [0, 0.05) is 12.6 Å². The fourth-order valence-corrected chi connectivity index (χ4v) is 1.45. The highest BCUT2D eigenvalue weighted by Crippen LogP contribution is 2.27.